The number of carboxylic acids is 1. The summed E-state index contributed by atoms with van der Waals surface area (Å²) in [6, 6.07) is 0. The number of carboxylic acid groups (broad SMARTS) is 1. The average Bonchev–Trinajstić information content (AvgIpc) is 2.89. The van der Waals surface area contributed by atoms with Crippen LogP contribution in [0.4, 0.5) is 0 Å². The van der Waals surface area contributed by atoms with Crippen molar-refractivity contribution in [2.24, 2.45) is 5.92 Å². The number of likely N-dealkylation sites (N-methyl/N-ethyl adjacent to an activating group) is 2. The van der Waals surface area contributed by atoms with Gasteiger partial charge in [-0.25, -0.2) is 8.42 Å². The molecule has 1 N–H and O–H groups in total. The Morgan fingerprint density at radius 1 is 1.19 bits per heavy atom. The van der Waals surface area contributed by atoms with Crippen molar-refractivity contribution in [3.05, 3.63) is 0 Å². The predicted octanol–water partition coefficient (Wildman–Crippen LogP) is 0.370. The van der Waals surface area contributed by atoms with E-state index in [0.29, 0.717) is 32.4 Å². The highest BCUT2D eigenvalue weighted by Crippen LogP contribution is 2.32. The summed E-state index contributed by atoms with van der Waals surface area (Å²) < 4.78 is 25.9. The quantitative estimate of drug-likeness (QED) is 0.731. The molecule has 2 atom stereocenters. The van der Waals surface area contributed by atoms with Crippen LogP contribution in [0.5, 0.6) is 0 Å². The number of amides is 1. The summed E-state index contributed by atoms with van der Waals surface area (Å²) in [6.45, 7) is 4.45. The smallest absolute Gasteiger partial charge is 0.307 e. The zero-order chi connectivity index (χ0) is 16.2. The Morgan fingerprint density at radius 3 is 2.24 bits per heavy atom. The van der Waals surface area contributed by atoms with Crippen LogP contribution in [-0.2, 0) is 19.6 Å². The van der Waals surface area contributed by atoms with Crippen LogP contribution >= 0.6 is 0 Å². The molecule has 1 saturated carbocycles. The van der Waals surface area contributed by atoms with Crippen molar-refractivity contribution in [1.29, 1.82) is 0 Å². The van der Waals surface area contributed by atoms with E-state index in [1.165, 1.54) is 7.05 Å². The minimum atomic E-state index is -3.77. The largest absolute Gasteiger partial charge is 0.481 e. The van der Waals surface area contributed by atoms with Crippen molar-refractivity contribution >= 4 is 21.9 Å². The summed E-state index contributed by atoms with van der Waals surface area (Å²) in [7, 11) is -2.43. The van der Waals surface area contributed by atoms with E-state index < -0.39 is 27.2 Å². The summed E-state index contributed by atoms with van der Waals surface area (Å²) in [6.07, 6.45) is 1.29. The van der Waals surface area contributed by atoms with Crippen LogP contribution in [0.25, 0.3) is 0 Å². The minimum Gasteiger partial charge on any atom is -0.481 e. The molecule has 0 aromatic heterocycles. The molecule has 122 valence electrons. The van der Waals surface area contributed by atoms with Crippen molar-refractivity contribution in [3.8, 4) is 0 Å². The second-order valence-corrected chi connectivity index (χ2v) is 7.54. The first-order chi connectivity index (χ1) is 9.75. The molecule has 1 amide bonds. The third-order valence-corrected chi connectivity index (χ3v) is 6.39. The lowest BCUT2D eigenvalue weighted by Crippen LogP contribution is -2.45. The highest BCUT2D eigenvalue weighted by atomic mass is 32.2. The predicted molar refractivity (Wildman–Crippen MR) is 78.2 cm³/mol. The van der Waals surface area contributed by atoms with E-state index in [4.69, 9.17) is 5.11 Å². The van der Waals surface area contributed by atoms with Gasteiger partial charge in [-0.05, 0) is 26.7 Å². The summed E-state index contributed by atoms with van der Waals surface area (Å²) in [5.74, 6) is -2.22. The molecule has 0 spiro atoms. The topological polar surface area (TPSA) is 95.0 Å². The molecule has 2 unspecified atom stereocenters. The second kappa shape index (κ2) is 7.22. The van der Waals surface area contributed by atoms with Crippen molar-refractivity contribution in [2.45, 2.75) is 38.4 Å². The SMILES string of the molecule is CCN(CC)C(=O)CN(C)S(=O)(=O)C1CCCC1C(=O)O. The highest BCUT2D eigenvalue weighted by Gasteiger charge is 2.43. The summed E-state index contributed by atoms with van der Waals surface area (Å²) >= 11 is 0. The standard InChI is InChI=1S/C13H24N2O5S/c1-4-15(5-2)12(16)9-14(3)21(19,20)11-8-6-7-10(11)13(17)18/h10-11H,4-9H2,1-3H3,(H,17,18). The monoisotopic (exact) mass is 320 g/mol. The zero-order valence-corrected chi connectivity index (χ0v) is 13.6. The van der Waals surface area contributed by atoms with Gasteiger partial charge >= 0.3 is 5.97 Å². The van der Waals surface area contributed by atoms with Gasteiger partial charge in [0.05, 0.1) is 17.7 Å². The number of aliphatic carboxylic acids is 1. The Labute approximate surface area is 126 Å². The molecule has 0 saturated heterocycles. The van der Waals surface area contributed by atoms with Crippen LogP contribution < -0.4 is 0 Å². The molecule has 8 heteroatoms. The fraction of sp³-hybridized carbons (Fsp3) is 0.846. The van der Waals surface area contributed by atoms with Crippen molar-refractivity contribution in [2.75, 3.05) is 26.7 Å². The van der Waals surface area contributed by atoms with Gasteiger partial charge in [0.2, 0.25) is 15.9 Å². The molecule has 0 aliphatic heterocycles. The third kappa shape index (κ3) is 3.94. The van der Waals surface area contributed by atoms with Gasteiger partial charge in [-0.2, -0.15) is 4.31 Å². The molecule has 21 heavy (non-hydrogen) atoms. The summed E-state index contributed by atoms with van der Waals surface area (Å²) in [5.41, 5.74) is 0. The van der Waals surface area contributed by atoms with Crippen LogP contribution in [0.2, 0.25) is 0 Å². The molecule has 0 aromatic carbocycles. The number of sulfonamides is 1. The number of carbonyl (C=O) groups excluding carboxylic acids is 1. The van der Waals surface area contributed by atoms with Crippen molar-refractivity contribution in [3.63, 3.8) is 0 Å². The highest BCUT2D eigenvalue weighted by molar-refractivity contribution is 7.89. The van der Waals surface area contributed by atoms with E-state index >= 15 is 0 Å². The van der Waals surface area contributed by atoms with Crippen LogP contribution in [-0.4, -0.2) is 66.5 Å². The molecule has 0 radical (unpaired) electrons. The average molecular weight is 320 g/mol. The third-order valence-electron chi connectivity index (χ3n) is 4.06. The number of hydrogen-bond acceptors (Lipinski definition) is 4. The maximum atomic E-state index is 12.5. The lowest BCUT2D eigenvalue weighted by atomic mass is 10.1. The van der Waals surface area contributed by atoms with Gasteiger partial charge in [-0.1, -0.05) is 6.42 Å². The van der Waals surface area contributed by atoms with Gasteiger partial charge in [-0.3, -0.25) is 9.59 Å². The second-order valence-electron chi connectivity index (χ2n) is 5.28. The van der Waals surface area contributed by atoms with Gasteiger partial charge in [0.15, 0.2) is 0 Å². The first-order valence-corrected chi connectivity index (χ1v) is 8.71. The molecule has 0 aromatic rings. The fourth-order valence-electron chi connectivity index (χ4n) is 2.75. The van der Waals surface area contributed by atoms with Crippen LogP contribution in [0.1, 0.15) is 33.1 Å². The molecule has 1 aliphatic rings. The lowest BCUT2D eigenvalue weighted by Gasteiger charge is -2.26. The Hall–Kier alpha value is -1.15. The molecular formula is C13H24N2O5S. The number of hydrogen-bond donors (Lipinski definition) is 1. The minimum absolute atomic E-state index is 0.243. The van der Waals surface area contributed by atoms with E-state index in [9.17, 15) is 18.0 Å². The van der Waals surface area contributed by atoms with Gasteiger partial charge in [0.25, 0.3) is 0 Å². The number of rotatable bonds is 7. The van der Waals surface area contributed by atoms with E-state index in [0.717, 1.165) is 4.31 Å². The molecule has 1 aliphatic carbocycles. The molecule has 0 bridgehead atoms. The molecule has 1 fully saturated rings. The summed E-state index contributed by atoms with van der Waals surface area (Å²) in [4.78, 5) is 24.7. The van der Waals surface area contributed by atoms with Crippen LogP contribution in [0.15, 0.2) is 0 Å². The lowest BCUT2D eigenvalue weighted by molar-refractivity contribution is -0.141. The van der Waals surface area contributed by atoms with E-state index in [-0.39, 0.29) is 12.5 Å². The maximum Gasteiger partial charge on any atom is 0.307 e. The van der Waals surface area contributed by atoms with Crippen LogP contribution in [0.3, 0.4) is 0 Å². The maximum absolute atomic E-state index is 12.5. The van der Waals surface area contributed by atoms with Gasteiger partial charge < -0.3 is 10.0 Å². The Balaban J connectivity index is 2.82. The first kappa shape index (κ1) is 17.9. The van der Waals surface area contributed by atoms with Gasteiger partial charge in [0.1, 0.15) is 0 Å². The number of carbonyl (C=O) groups is 2. The van der Waals surface area contributed by atoms with Gasteiger partial charge in [0, 0.05) is 20.1 Å². The molecule has 0 heterocycles. The van der Waals surface area contributed by atoms with Gasteiger partial charge in [-0.15, -0.1) is 0 Å². The van der Waals surface area contributed by atoms with E-state index in [1.54, 1.807) is 4.90 Å². The Morgan fingerprint density at radius 2 is 1.76 bits per heavy atom. The molecule has 7 nitrogen and oxygen atoms in total. The fourth-order valence-corrected chi connectivity index (χ4v) is 4.64. The van der Waals surface area contributed by atoms with E-state index in [1.807, 2.05) is 13.8 Å². The van der Waals surface area contributed by atoms with E-state index in [2.05, 4.69) is 0 Å². The zero-order valence-electron chi connectivity index (χ0n) is 12.8. The molecule has 1 rings (SSSR count). The first-order valence-electron chi connectivity index (χ1n) is 7.21. The number of nitrogens with zero attached hydrogens (tertiary/aromatic N) is 2. The normalized spacial score (nSPS) is 22.5. The van der Waals surface area contributed by atoms with Crippen LogP contribution in [0, 0.1) is 5.92 Å². The van der Waals surface area contributed by atoms with Crippen molar-refractivity contribution in [1.82, 2.24) is 9.21 Å². The van der Waals surface area contributed by atoms with Crippen molar-refractivity contribution < 1.29 is 23.1 Å². The Kier molecular flexibility index (Phi) is 6.15. The molecular weight excluding hydrogens is 296 g/mol. The summed E-state index contributed by atoms with van der Waals surface area (Å²) in [5, 5.41) is 8.19. The Bertz CT molecular complexity index is 487.